The van der Waals surface area contributed by atoms with E-state index in [-0.39, 0.29) is 0 Å². The zero-order chi connectivity index (χ0) is 25.7. The van der Waals surface area contributed by atoms with Gasteiger partial charge in [0.2, 0.25) is 0 Å². The molecule has 0 aromatic heterocycles. The number of ether oxygens (including phenoxy) is 2. The quantitative estimate of drug-likeness (QED) is 0.0814. The van der Waals surface area contributed by atoms with Gasteiger partial charge in [-0.3, -0.25) is 0 Å². The molecule has 0 aliphatic carbocycles. The van der Waals surface area contributed by atoms with E-state index < -0.39 is 18.4 Å². The Hall–Kier alpha value is -1.17. The van der Waals surface area contributed by atoms with Gasteiger partial charge in [0.15, 0.2) is 0 Å². The summed E-state index contributed by atoms with van der Waals surface area (Å²) in [4.78, 5) is 5.35. The van der Waals surface area contributed by atoms with Crippen LogP contribution in [0.15, 0.2) is 65.7 Å². The third-order valence-corrected chi connectivity index (χ3v) is 24.1. The average Bonchev–Trinajstić information content (AvgIpc) is 2.93. The van der Waals surface area contributed by atoms with Gasteiger partial charge in [0, 0.05) is 0 Å². The average molecular weight is 600 g/mol. The van der Waals surface area contributed by atoms with E-state index in [1.54, 1.807) is 0 Å². The molecule has 0 radical (unpaired) electrons. The van der Waals surface area contributed by atoms with Gasteiger partial charge in [-0.1, -0.05) is 0 Å². The van der Waals surface area contributed by atoms with Crippen LogP contribution in [-0.4, -0.2) is 41.9 Å². The third-order valence-electron chi connectivity index (χ3n) is 7.23. The SMILES string of the molecule is CCC[CH2][Sn]([CH2]CCC)([CH2]CCC)[CH](CCOCc1ccccc1)/N=C/CCOCc1ccccc1. The van der Waals surface area contributed by atoms with Crippen molar-refractivity contribution in [1.29, 1.82) is 0 Å². The number of hydrogen-bond donors (Lipinski definition) is 0. The Bertz CT molecular complexity index is 775. The van der Waals surface area contributed by atoms with Gasteiger partial charge in [0.1, 0.15) is 0 Å². The molecule has 0 saturated heterocycles. The predicted octanol–water partition coefficient (Wildman–Crippen LogP) is 9.03. The van der Waals surface area contributed by atoms with Gasteiger partial charge < -0.3 is 0 Å². The molecule has 0 N–H and O–H groups in total. The van der Waals surface area contributed by atoms with Crippen LogP contribution < -0.4 is 0 Å². The molecule has 200 valence electrons. The first-order chi connectivity index (χ1) is 17.7. The summed E-state index contributed by atoms with van der Waals surface area (Å²) in [6.45, 7) is 9.97. The molecule has 36 heavy (non-hydrogen) atoms. The summed E-state index contributed by atoms with van der Waals surface area (Å²) in [7, 11) is 0. The maximum absolute atomic E-state index is 6.19. The van der Waals surface area contributed by atoms with E-state index in [2.05, 4.69) is 81.6 Å². The Labute approximate surface area is 226 Å². The summed E-state index contributed by atoms with van der Waals surface area (Å²) < 4.78 is 17.1. The molecule has 0 fully saturated rings. The molecular formula is C32H51NO2Sn. The van der Waals surface area contributed by atoms with E-state index in [1.165, 1.54) is 63.0 Å². The topological polar surface area (TPSA) is 30.8 Å². The molecule has 0 aliphatic rings. The van der Waals surface area contributed by atoms with Gasteiger partial charge in [-0.2, -0.15) is 0 Å². The summed E-state index contributed by atoms with van der Waals surface area (Å²) >= 11 is -2.50. The first kappa shape index (κ1) is 31.0. The summed E-state index contributed by atoms with van der Waals surface area (Å²) in [5.74, 6) is 0. The molecule has 1 unspecified atom stereocenters. The van der Waals surface area contributed by atoms with Crippen molar-refractivity contribution in [2.75, 3.05) is 13.2 Å². The predicted molar refractivity (Wildman–Crippen MR) is 159 cm³/mol. The normalized spacial score (nSPS) is 12.9. The third kappa shape index (κ3) is 12.4. The molecule has 0 aliphatic heterocycles. The van der Waals surface area contributed by atoms with Crippen LogP contribution in [0.2, 0.25) is 13.3 Å². The van der Waals surface area contributed by atoms with Crippen molar-refractivity contribution in [3.05, 3.63) is 71.8 Å². The van der Waals surface area contributed by atoms with E-state index >= 15 is 0 Å². The second-order valence-electron chi connectivity index (χ2n) is 10.2. The molecule has 0 saturated carbocycles. The summed E-state index contributed by atoms with van der Waals surface area (Å²) in [6, 6.07) is 21.0. The Balaban J connectivity index is 2.03. The number of aliphatic imine (C=N–C) groups is 1. The van der Waals surface area contributed by atoms with Crippen LogP contribution in [0, 0.1) is 0 Å². The fourth-order valence-electron chi connectivity index (χ4n) is 5.06. The van der Waals surface area contributed by atoms with Crippen LogP contribution in [0.3, 0.4) is 0 Å². The number of rotatable bonds is 21. The fraction of sp³-hybridized carbons (Fsp3) is 0.594. The van der Waals surface area contributed by atoms with Crippen molar-refractivity contribution in [2.24, 2.45) is 4.99 Å². The Kier molecular flexibility index (Phi) is 17.1. The van der Waals surface area contributed by atoms with E-state index in [4.69, 9.17) is 14.5 Å². The molecule has 1 atom stereocenters. The van der Waals surface area contributed by atoms with Gasteiger partial charge in [-0.15, -0.1) is 0 Å². The van der Waals surface area contributed by atoms with E-state index in [0.29, 0.717) is 17.3 Å². The number of benzene rings is 2. The van der Waals surface area contributed by atoms with Crippen LogP contribution in [-0.2, 0) is 22.7 Å². The van der Waals surface area contributed by atoms with Crippen molar-refractivity contribution in [3.8, 4) is 0 Å². The van der Waals surface area contributed by atoms with Gasteiger partial charge in [-0.05, 0) is 0 Å². The molecule has 2 aromatic carbocycles. The molecule has 4 heteroatoms. The second-order valence-corrected chi connectivity index (χ2v) is 24.1. The van der Waals surface area contributed by atoms with E-state index in [9.17, 15) is 0 Å². The molecule has 2 rings (SSSR count). The van der Waals surface area contributed by atoms with Crippen LogP contribution >= 0.6 is 0 Å². The zero-order valence-corrected chi connectivity index (χ0v) is 26.2. The minimum atomic E-state index is -2.50. The summed E-state index contributed by atoms with van der Waals surface area (Å²) in [6.07, 6.45) is 12.2. The maximum atomic E-state index is 6.19. The zero-order valence-electron chi connectivity index (χ0n) is 23.3. The number of unbranched alkanes of at least 4 members (excludes halogenated alkanes) is 3. The van der Waals surface area contributed by atoms with Gasteiger partial charge in [0.05, 0.1) is 0 Å². The minimum absolute atomic E-state index is 0.522. The van der Waals surface area contributed by atoms with Gasteiger partial charge >= 0.3 is 227 Å². The number of hydrogen-bond acceptors (Lipinski definition) is 3. The van der Waals surface area contributed by atoms with Crippen LogP contribution in [0.25, 0.3) is 0 Å². The van der Waals surface area contributed by atoms with Gasteiger partial charge in [-0.25, -0.2) is 0 Å². The van der Waals surface area contributed by atoms with Crippen molar-refractivity contribution in [3.63, 3.8) is 0 Å². The molecular weight excluding hydrogens is 549 g/mol. The molecule has 0 bridgehead atoms. The Morgan fingerprint density at radius 3 is 1.64 bits per heavy atom. The van der Waals surface area contributed by atoms with E-state index in [1.807, 2.05) is 6.07 Å². The van der Waals surface area contributed by atoms with Crippen molar-refractivity contribution < 1.29 is 9.47 Å². The van der Waals surface area contributed by atoms with Crippen molar-refractivity contribution in [1.82, 2.24) is 0 Å². The first-order valence-corrected chi connectivity index (χ1v) is 22.2. The second kappa shape index (κ2) is 19.9. The fourth-order valence-corrected chi connectivity index (χ4v) is 22.4. The Morgan fingerprint density at radius 1 is 0.694 bits per heavy atom. The molecule has 3 nitrogen and oxygen atoms in total. The standard InChI is InChI=1S/C20H24NO2.3C4H9.Sn/c1-3-9-19(10-4-1)17-22-15-7-13-21-14-8-16-23-18-20-11-5-2-6-12-20;3*1-3-4-2;/h1-6,9-14H,7-8,15-18H2;3*1,3-4H2,2H3;/b21-13+;;;;. The Morgan fingerprint density at radius 2 is 1.17 bits per heavy atom. The first-order valence-electron chi connectivity index (χ1n) is 14.5. The van der Waals surface area contributed by atoms with Crippen LogP contribution in [0.1, 0.15) is 83.3 Å². The molecule has 0 spiro atoms. The monoisotopic (exact) mass is 601 g/mol. The van der Waals surface area contributed by atoms with Crippen LogP contribution in [0.5, 0.6) is 0 Å². The summed E-state index contributed by atoms with van der Waals surface area (Å²) in [5, 5.41) is 0. The van der Waals surface area contributed by atoms with Gasteiger partial charge in [0.25, 0.3) is 0 Å². The molecule has 2 aromatic rings. The summed E-state index contributed by atoms with van der Waals surface area (Å²) in [5.41, 5.74) is 2.49. The van der Waals surface area contributed by atoms with Crippen molar-refractivity contribution >= 4 is 24.6 Å². The van der Waals surface area contributed by atoms with E-state index in [0.717, 1.165) is 26.1 Å². The van der Waals surface area contributed by atoms with Crippen molar-refractivity contribution in [2.45, 2.75) is 103 Å². The number of nitrogens with zero attached hydrogens (tertiary/aromatic N) is 1. The molecule has 0 amide bonds. The molecule has 0 heterocycles. The van der Waals surface area contributed by atoms with Crippen LogP contribution in [0.4, 0.5) is 0 Å².